The molecule has 1 atom stereocenters. The molecule has 0 fully saturated rings. The summed E-state index contributed by atoms with van der Waals surface area (Å²) in [7, 11) is 0. The zero-order chi connectivity index (χ0) is 30.3. The van der Waals surface area contributed by atoms with Crippen molar-refractivity contribution in [1.82, 2.24) is 0 Å². The van der Waals surface area contributed by atoms with Crippen molar-refractivity contribution < 1.29 is 20.1 Å². The molecular weight excluding hydrogens is 508 g/mol. The molecule has 0 radical (unpaired) electrons. The molecule has 0 aliphatic rings. The van der Waals surface area contributed by atoms with E-state index in [0.29, 0.717) is 0 Å². The van der Waals surface area contributed by atoms with Crippen LogP contribution in [0.4, 0.5) is 0 Å². The van der Waals surface area contributed by atoms with Crippen LogP contribution in [0, 0.1) is 5.92 Å². The van der Waals surface area contributed by atoms with Gasteiger partial charge in [-0.25, -0.2) is 0 Å². The standard InChI is InChI=1S/C37H72O4/c1-3-5-7-9-11-13-15-17-19-21-23-25-27-29-31-35(36(40)37(41,33-38)34-39)32-30-28-26-24-22-20-18-16-14-12-10-8-6-4-2/h17,19,35,38-39,41H,3-16,18,20-34H2,1-2H3/b19-17-. The van der Waals surface area contributed by atoms with Gasteiger partial charge in [0.15, 0.2) is 11.4 Å². The normalized spacial score (nSPS) is 12.9. The van der Waals surface area contributed by atoms with Gasteiger partial charge >= 0.3 is 0 Å². The van der Waals surface area contributed by atoms with Crippen LogP contribution < -0.4 is 0 Å². The molecule has 244 valence electrons. The van der Waals surface area contributed by atoms with Gasteiger partial charge in [-0.3, -0.25) is 4.79 Å². The predicted molar refractivity (Wildman–Crippen MR) is 177 cm³/mol. The Labute approximate surface area is 256 Å². The summed E-state index contributed by atoms with van der Waals surface area (Å²) in [5, 5.41) is 29.6. The molecule has 0 amide bonds. The number of ketones is 1. The first-order chi connectivity index (χ1) is 20.1. The predicted octanol–water partition coefficient (Wildman–Crippen LogP) is 10.4. The lowest BCUT2D eigenvalue weighted by Crippen LogP contribution is -2.49. The highest BCUT2D eigenvalue weighted by Crippen LogP contribution is 2.25. The number of hydrogen-bond acceptors (Lipinski definition) is 4. The van der Waals surface area contributed by atoms with Gasteiger partial charge < -0.3 is 15.3 Å². The quantitative estimate of drug-likeness (QED) is 0.0533. The SMILES string of the molecule is CCCCCCCC/C=C\CCCCCCC(CCCCCCCCCCCCCCCC)C(=O)C(O)(CO)CO. The Kier molecular flexibility index (Phi) is 30.2. The lowest BCUT2D eigenvalue weighted by molar-refractivity contribution is -0.151. The van der Waals surface area contributed by atoms with Crippen LogP contribution in [-0.2, 0) is 4.79 Å². The molecule has 41 heavy (non-hydrogen) atoms. The molecule has 0 aromatic carbocycles. The number of rotatable bonds is 33. The van der Waals surface area contributed by atoms with Crippen molar-refractivity contribution in [3.05, 3.63) is 12.2 Å². The van der Waals surface area contributed by atoms with Crippen molar-refractivity contribution in [3.63, 3.8) is 0 Å². The second-order valence-corrected chi connectivity index (χ2v) is 12.8. The molecule has 0 aliphatic heterocycles. The molecule has 0 bridgehead atoms. The Morgan fingerprint density at radius 1 is 0.512 bits per heavy atom. The molecule has 1 unspecified atom stereocenters. The van der Waals surface area contributed by atoms with Crippen molar-refractivity contribution in [2.45, 2.75) is 199 Å². The number of carbonyl (C=O) groups excluding carboxylic acids is 1. The lowest BCUT2D eigenvalue weighted by Gasteiger charge is -2.27. The Morgan fingerprint density at radius 3 is 1.12 bits per heavy atom. The summed E-state index contributed by atoms with van der Waals surface area (Å²) in [5.41, 5.74) is -2.00. The van der Waals surface area contributed by atoms with Gasteiger partial charge in [0.2, 0.25) is 0 Å². The summed E-state index contributed by atoms with van der Waals surface area (Å²) in [6.45, 7) is 3.12. The van der Waals surface area contributed by atoms with E-state index in [1.54, 1.807) is 0 Å². The van der Waals surface area contributed by atoms with Crippen LogP contribution >= 0.6 is 0 Å². The van der Waals surface area contributed by atoms with Crippen LogP contribution in [0.2, 0.25) is 0 Å². The zero-order valence-corrected chi connectivity index (χ0v) is 27.7. The molecule has 0 rings (SSSR count). The summed E-state index contributed by atoms with van der Waals surface area (Å²) >= 11 is 0. The molecule has 3 N–H and O–H groups in total. The van der Waals surface area contributed by atoms with E-state index in [9.17, 15) is 20.1 Å². The van der Waals surface area contributed by atoms with Gasteiger partial charge in [0.05, 0.1) is 13.2 Å². The van der Waals surface area contributed by atoms with Crippen molar-refractivity contribution in [1.29, 1.82) is 0 Å². The highest BCUT2D eigenvalue weighted by atomic mass is 16.4. The number of hydrogen-bond donors (Lipinski definition) is 3. The Bertz CT molecular complexity index is 569. The number of aliphatic hydroxyl groups is 3. The van der Waals surface area contributed by atoms with E-state index in [2.05, 4.69) is 26.0 Å². The summed E-state index contributed by atoms with van der Waals surface area (Å²) in [6.07, 6.45) is 39.2. The van der Waals surface area contributed by atoms with Crippen molar-refractivity contribution >= 4 is 5.78 Å². The molecule has 4 heteroatoms. The topological polar surface area (TPSA) is 77.8 Å². The maximum absolute atomic E-state index is 13.0. The first kappa shape index (κ1) is 40.3. The molecular formula is C37H72O4. The van der Waals surface area contributed by atoms with Crippen LogP contribution in [-0.4, -0.2) is 39.9 Å². The van der Waals surface area contributed by atoms with E-state index in [4.69, 9.17) is 0 Å². The number of unbranched alkanes of at least 4 members (excludes halogenated alkanes) is 23. The van der Waals surface area contributed by atoms with E-state index >= 15 is 0 Å². The van der Waals surface area contributed by atoms with Gasteiger partial charge in [0, 0.05) is 5.92 Å². The van der Waals surface area contributed by atoms with Crippen molar-refractivity contribution in [2.24, 2.45) is 5.92 Å². The highest BCUT2D eigenvalue weighted by molar-refractivity contribution is 5.89. The summed E-state index contributed by atoms with van der Waals surface area (Å²) in [5.74, 6) is -0.635. The fourth-order valence-corrected chi connectivity index (χ4v) is 5.86. The van der Waals surface area contributed by atoms with E-state index in [1.165, 1.54) is 128 Å². The van der Waals surface area contributed by atoms with Gasteiger partial charge in [-0.05, 0) is 38.5 Å². The van der Waals surface area contributed by atoms with E-state index in [0.717, 1.165) is 51.4 Å². The van der Waals surface area contributed by atoms with E-state index in [1.807, 2.05) is 0 Å². The van der Waals surface area contributed by atoms with Gasteiger partial charge in [0.25, 0.3) is 0 Å². The maximum Gasteiger partial charge on any atom is 0.172 e. The Balaban J connectivity index is 4.04. The van der Waals surface area contributed by atoms with Crippen LogP contribution in [0.15, 0.2) is 12.2 Å². The molecule has 0 saturated heterocycles. The first-order valence-corrected chi connectivity index (χ1v) is 18.2. The molecule has 0 aromatic heterocycles. The summed E-state index contributed by atoms with van der Waals surface area (Å²) in [6, 6.07) is 0. The van der Waals surface area contributed by atoms with Crippen molar-refractivity contribution in [3.8, 4) is 0 Å². The fraction of sp³-hybridized carbons (Fsp3) is 0.919. The molecule has 0 saturated carbocycles. The smallest absolute Gasteiger partial charge is 0.172 e. The highest BCUT2D eigenvalue weighted by Gasteiger charge is 2.38. The largest absolute Gasteiger partial charge is 0.393 e. The number of aliphatic hydroxyl groups excluding tert-OH is 2. The van der Waals surface area contributed by atoms with Crippen LogP contribution in [0.1, 0.15) is 194 Å². The molecule has 0 aliphatic carbocycles. The molecule has 0 heterocycles. The van der Waals surface area contributed by atoms with Crippen molar-refractivity contribution in [2.75, 3.05) is 13.2 Å². The minimum Gasteiger partial charge on any atom is -0.393 e. The minimum atomic E-state index is -2.00. The third-order valence-electron chi connectivity index (χ3n) is 8.82. The van der Waals surface area contributed by atoms with Crippen LogP contribution in [0.5, 0.6) is 0 Å². The number of Topliss-reactive ketones (excluding diaryl/α,β-unsaturated/α-hetero) is 1. The van der Waals surface area contributed by atoms with Gasteiger partial charge in [-0.1, -0.05) is 167 Å². The van der Waals surface area contributed by atoms with Gasteiger partial charge in [-0.2, -0.15) is 0 Å². The van der Waals surface area contributed by atoms with Gasteiger partial charge in [-0.15, -0.1) is 0 Å². The average Bonchev–Trinajstić information content (AvgIpc) is 2.99. The molecule has 0 aromatic rings. The average molecular weight is 581 g/mol. The zero-order valence-electron chi connectivity index (χ0n) is 27.7. The lowest BCUT2D eigenvalue weighted by atomic mass is 9.83. The minimum absolute atomic E-state index is 0.270. The number of carbonyl (C=O) groups is 1. The van der Waals surface area contributed by atoms with Crippen LogP contribution in [0.3, 0.4) is 0 Å². The maximum atomic E-state index is 13.0. The third-order valence-corrected chi connectivity index (χ3v) is 8.82. The van der Waals surface area contributed by atoms with E-state index in [-0.39, 0.29) is 11.7 Å². The molecule has 0 spiro atoms. The first-order valence-electron chi connectivity index (χ1n) is 18.2. The van der Waals surface area contributed by atoms with E-state index < -0.39 is 18.8 Å². The second kappa shape index (κ2) is 30.7. The van der Waals surface area contributed by atoms with Gasteiger partial charge in [0.1, 0.15) is 0 Å². The van der Waals surface area contributed by atoms with Crippen LogP contribution in [0.25, 0.3) is 0 Å². The Morgan fingerprint density at radius 2 is 0.805 bits per heavy atom. The third kappa shape index (κ3) is 24.4. The monoisotopic (exact) mass is 581 g/mol. The fourth-order valence-electron chi connectivity index (χ4n) is 5.86. The number of allylic oxidation sites excluding steroid dienone is 2. The molecule has 4 nitrogen and oxygen atoms in total. The Hall–Kier alpha value is -0.710. The second-order valence-electron chi connectivity index (χ2n) is 12.8. The summed E-state index contributed by atoms with van der Waals surface area (Å²) < 4.78 is 0. The summed E-state index contributed by atoms with van der Waals surface area (Å²) in [4.78, 5) is 13.0.